The first kappa shape index (κ1) is 24.0. The zero-order valence-electron chi connectivity index (χ0n) is 18.1. The minimum Gasteiger partial charge on any atom is -0.354 e. The van der Waals surface area contributed by atoms with E-state index in [4.69, 9.17) is 0 Å². The van der Waals surface area contributed by atoms with Crippen LogP contribution in [0, 0.1) is 5.92 Å². The van der Waals surface area contributed by atoms with Gasteiger partial charge < -0.3 is 15.1 Å². The van der Waals surface area contributed by atoms with Crippen molar-refractivity contribution in [2.24, 2.45) is 5.92 Å². The third-order valence-corrected chi connectivity index (χ3v) is 4.68. The van der Waals surface area contributed by atoms with Gasteiger partial charge in [0.15, 0.2) is 0 Å². The van der Waals surface area contributed by atoms with Crippen LogP contribution in [0.2, 0.25) is 0 Å². The topological polar surface area (TPSA) is 78.4 Å². The van der Waals surface area contributed by atoms with Crippen LogP contribution >= 0.6 is 0 Å². The lowest BCUT2D eigenvalue weighted by molar-refractivity contribution is -0.121. The van der Waals surface area contributed by atoms with Gasteiger partial charge in [0, 0.05) is 37.9 Å². The number of rotatable bonds is 13. The van der Waals surface area contributed by atoms with Gasteiger partial charge in [-0.2, -0.15) is 0 Å². The van der Waals surface area contributed by atoms with Crippen LogP contribution in [0.4, 0.5) is 0 Å². The van der Waals surface area contributed by atoms with Crippen molar-refractivity contribution in [3.63, 3.8) is 0 Å². The lowest BCUT2D eigenvalue weighted by atomic mass is 10.1. The predicted octanol–water partition coefficient (Wildman–Crippen LogP) is 2.59. The zero-order valence-corrected chi connectivity index (χ0v) is 18.1. The maximum absolute atomic E-state index is 12.7. The SMILES string of the molecule is CCN(CC)CCC[C@@H](C)NC(=O)CCN(CC(C)C)C(=O)c1cnccn1. The number of nitrogens with one attached hydrogen (secondary N) is 1. The monoisotopic (exact) mass is 391 g/mol. The van der Waals surface area contributed by atoms with E-state index in [0.717, 1.165) is 32.5 Å². The molecule has 1 aromatic heterocycles. The average molecular weight is 392 g/mol. The number of amides is 2. The van der Waals surface area contributed by atoms with Crippen molar-refractivity contribution in [1.82, 2.24) is 25.1 Å². The molecule has 0 aliphatic carbocycles. The Bertz CT molecular complexity index is 575. The van der Waals surface area contributed by atoms with Crippen molar-refractivity contribution in [3.05, 3.63) is 24.3 Å². The third kappa shape index (κ3) is 9.26. The Morgan fingerprint density at radius 2 is 1.82 bits per heavy atom. The predicted molar refractivity (Wildman–Crippen MR) is 112 cm³/mol. The number of nitrogens with zero attached hydrogens (tertiary/aromatic N) is 4. The molecule has 0 aliphatic heterocycles. The number of hydrogen-bond acceptors (Lipinski definition) is 5. The molecule has 2 amide bonds. The lowest BCUT2D eigenvalue weighted by Gasteiger charge is -2.24. The van der Waals surface area contributed by atoms with Crippen LogP contribution < -0.4 is 5.32 Å². The quantitative estimate of drug-likeness (QED) is 0.559. The van der Waals surface area contributed by atoms with E-state index < -0.39 is 0 Å². The van der Waals surface area contributed by atoms with Crippen LogP contribution in [0.25, 0.3) is 0 Å². The highest BCUT2D eigenvalue weighted by Crippen LogP contribution is 2.06. The first-order chi connectivity index (χ1) is 13.4. The van der Waals surface area contributed by atoms with E-state index in [1.54, 1.807) is 11.1 Å². The van der Waals surface area contributed by atoms with Gasteiger partial charge in [-0.05, 0) is 45.3 Å². The molecule has 7 heteroatoms. The standard InChI is InChI=1S/C21H37N5O2/c1-6-25(7-2)13-8-9-18(5)24-20(27)10-14-26(16-17(3)4)21(28)19-15-22-11-12-23-19/h11-12,15,17-18H,6-10,13-14,16H2,1-5H3,(H,24,27)/t18-/m1/s1. The molecule has 1 N–H and O–H groups in total. The molecule has 0 saturated carbocycles. The van der Waals surface area contributed by atoms with Gasteiger partial charge in [0.1, 0.15) is 5.69 Å². The molecular formula is C21H37N5O2. The molecule has 0 fully saturated rings. The molecule has 0 saturated heterocycles. The third-order valence-electron chi connectivity index (χ3n) is 4.68. The second-order valence-electron chi connectivity index (χ2n) is 7.62. The molecule has 1 aromatic rings. The van der Waals surface area contributed by atoms with Crippen LogP contribution in [-0.4, -0.2) is 70.3 Å². The van der Waals surface area contributed by atoms with Crippen LogP contribution in [0.3, 0.4) is 0 Å². The van der Waals surface area contributed by atoms with Gasteiger partial charge in [0.05, 0.1) is 6.20 Å². The van der Waals surface area contributed by atoms with E-state index >= 15 is 0 Å². The van der Waals surface area contributed by atoms with Gasteiger partial charge >= 0.3 is 0 Å². The van der Waals surface area contributed by atoms with Crippen molar-refractivity contribution in [1.29, 1.82) is 0 Å². The average Bonchev–Trinajstić information content (AvgIpc) is 2.68. The summed E-state index contributed by atoms with van der Waals surface area (Å²) in [4.78, 5) is 37.1. The number of hydrogen-bond donors (Lipinski definition) is 1. The van der Waals surface area contributed by atoms with Gasteiger partial charge in [-0.25, -0.2) is 4.98 Å². The summed E-state index contributed by atoms with van der Waals surface area (Å²) >= 11 is 0. The van der Waals surface area contributed by atoms with Crippen LogP contribution in [0.15, 0.2) is 18.6 Å². The van der Waals surface area contributed by atoms with E-state index in [9.17, 15) is 9.59 Å². The van der Waals surface area contributed by atoms with Gasteiger partial charge in [-0.1, -0.05) is 27.7 Å². The Labute approximate surface area is 169 Å². The molecule has 7 nitrogen and oxygen atoms in total. The van der Waals surface area contributed by atoms with Gasteiger partial charge in [-0.15, -0.1) is 0 Å². The molecule has 1 heterocycles. The smallest absolute Gasteiger partial charge is 0.274 e. The first-order valence-electron chi connectivity index (χ1n) is 10.4. The fourth-order valence-corrected chi connectivity index (χ4v) is 3.10. The molecule has 0 aliphatic rings. The lowest BCUT2D eigenvalue weighted by Crippen LogP contribution is -2.39. The number of aromatic nitrogens is 2. The highest BCUT2D eigenvalue weighted by molar-refractivity contribution is 5.92. The normalized spacial score (nSPS) is 12.2. The summed E-state index contributed by atoms with van der Waals surface area (Å²) in [5.41, 5.74) is 0.313. The molecule has 0 spiro atoms. The van der Waals surface area contributed by atoms with Gasteiger partial charge in [-0.3, -0.25) is 14.6 Å². The van der Waals surface area contributed by atoms with Crippen molar-refractivity contribution < 1.29 is 9.59 Å². The Balaban J connectivity index is 2.46. The summed E-state index contributed by atoms with van der Waals surface area (Å²) in [5.74, 6) is 0.112. The van der Waals surface area contributed by atoms with Crippen molar-refractivity contribution in [2.75, 3.05) is 32.7 Å². The highest BCUT2D eigenvalue weighted by Gasteiger charge is 2.19. The molecule has 158 valence electrons. The Kier molecular flexibility index (Phi) is 11.3. The summed E-state index contributed by atoms with van der Waals surface area (Å²) in [5, 5.41) is 3.05. The second-order valence-corrected chi connectivity index (χ2v) is 7.62. The van der Waals surface area contributed by atoms with Gasteiger partial charge in [0.25, 0.3) is 5.91 Å². The fourth-order valence-electron chi connectivity index (χ4n) is 3.10. The Morgan fingerprint density at radius 3 is 2.39 bits per heavy atom. The molecule has 1 rings (SSSR count). The highest BCUT2D eigenvalue weighted by atomic mass is 16.2. The van der Waals surface area contributed by atoms with E-state index in [1.165, 1.54) is 12.4 Å². The molecule has 28 heavy (non-hydrogen) atoms. The summed E-state index contributed by atoms with van der Waals surface area (Å²) in [6.07, 6.45) is 6.82. The Hall–Kier alpha value is -2.02. The van der Waals surface area contributed by atoms with Crippen molar-refractivity contribution in [2.45, 2.75) is 59.9 Å². The first-order valence-corrected chi connectivity index (χ1v) is 10.4. The summed E-state index contributed by atoms with van der Waals surface area (Å²) in [6.45, 7) is 14.6. The van der Waals surface area contributed by atoms with Crippen LogP contribution in [-0.2, 0) is 4.79 Å². The van der Waals surface area contributed by atoms with Crippen LogP contribution in [0.1, 0.15) is 64.4 Å². The molecule has 0 unspecified atom stereocenters. The largest absolute Gasteiger partial charge is 0.354 e. The minimum atomic E-state index is -0.179. The van der Waals surface area contributed by atoms with Crippen LogP contribution in [0.5, 0.6) is 0 Å². The minimum absolute atomic E-state index is 0.0176. The summed E-state index contributed by atoms with van der Waals surface area (Å²) in [6, 6.07) is 0.136. The van der Waals surface area contributed by atoms with E-state index in [0.29, 0.717) is 31.1 Å². The molecule has 0 bridgehead atoms. The summed E-state index contributed by atoms with van der Waals surface area (Å²) < 4.78 is 0. The maximum atomic E-state index is 12.7. The molecular weight excluding hydrogens is 354 g/mol. The number of carbonyl (C=O) groups is 2. The number of carbonyl (C=O) groups excluding carboxylic acids is 2. The second kappa shape index (κ2) is 13.2. The fraction of sp³-hybridized carbons (Fsp3) is 0.714. The van der Waals surface area contributed by atoms with E-state index in [1.807, 2.05) is 6.92 Å². The molecule has 0 aromatic carbocycles. The Morgan fingerprint density at radius 1 is 1.11 bits per heavy atom. The summed E-state index contributed by atoms with van der Waals surface area (Å²) in [7, 11) is 0. The maximum Gasteiger partial charge on any atom is 0.274 e. The molecule has 1 atom stereocenters. The zero-order chi connectivity index (χ0) is 20.9. The van der Waals surface area contributed by atoms with E-state index in [-0.39, 0.29) is 17.9 Å². The van der Waals surface area contributed by atoms with Crippen molar-refractivity contribution in [3.8, 4) is 0 Å². The van der Waals surface area contributed by atoms with Crippen molar-refractivity contribution >= 4 is 11.8 Å². The van der Waals surface area contributed by atoms with Gasteiger partial charge in [0.2, 0.25) is 5.91 Å². The van der Waals surface area contributed by atoms with E-state index in [2.05, 4.69) is 47.9 Å². The molecule has 0 radical (unpaired) electrons.